The third-order valence-corrected chi connectivity index (χ3v) is 8.58. The van der Waals surface area contributed by atoms with Crippen molar-refractivity contribution in [3.8, 4) is 0 Å². The molecule has 4 rings (SSSR count). The maximum absolute atomic E-state index is 12.2. The van der Waals surface area contributed by atoms with E-state index in [4.69, 9.17) is 4.74 Å². The van der Waals surface area contributed by atoms with Crippen LogP contribution in [-0.2, 0) is 14.3 Å². The Bertz CT molecular complexity index is 635. The standard InChI is InChI=1S/C22H32O3/c1-13-12-22(4)15(11-19(13)24)5-6-16-17-7-8-20(25-14(2)23)21(17,3)10-9-18(16)22/h12,15-18,20H,5-11H2,1-4H3/t15-,16?,17-,18-,20-,21?,22?/m0/s1. The molecule has 7 atom stereocenters. The number of carbonyl (C=O) groups excluding carboxylic acids is 2. The highest BCUT2D eigenvalue weighted by Crippen LogP contribution is 2.65. The lowest BCUT2D eigenvalue weighted by Gasteiger charge is -2.59. The van der Waals surface area contributed by atoms with Crippen molar-refractivity contribution in [3.05, 3.63) is 11.6 Å². The Morgan fingerprint density at radius 3 is 2.60 bits per heavy atom. The predicted molar refractivity (Wildman–Crippen MR) is 96.8 cm³/mol. The Hall–Kier alpha value is -1.12. The molecule has 0 saturated heterocycles. The van der Waals surface area contributed by atoms with Gasteiger partial charge in [0.15, 0.2) is 5.78 Å². The summed E-state index contributed by atoms with van der Waals surface area (Å²) in [7, 11) is 0. The smallest absolute Gasteiger partial charge is 0.302 e. The van der Waals surface area contributed by atoms with Gasteiger partial charge in [-0.25, -0.2) is 0 Å². The summed E-state index contributed by atoms with van der Waals surface area (Å²) in [6.07, 6.45) is 10.2. The Balaban J connectivity index is 1.64. The van der Waals surface area contributed by atoms with Gasteiger partial charge in [-0.3, -0.25) is 9.59 Å². The van der Waals surface area contributed by atoms with E-state index in [0.717, 1.165) is 30.8 Å². The minimum absolute atomic E-state index is 0.103. The molecule has 0 aromatic rings. The number of fused-ring (bicyclic) bond motifs is 5. The molecule has 0 aliphatic heterocycles. The van der Waals surface area contributed by atoms with Gasteiger partial charge in [0.25, 0.3) is 0 Å². The van der Waals surface area contributed by atoms with E-state index >= 15 is 0 Å². The van der Waals surface area contributed by atoms with Gasteiger partial charge in [-0.15, -0.1) is 0 Å². The first-order chi connectivity index (χ1) is 11.8. The number of allylic oxidation sites excluding steroid dienone is 2. The van der Waals surface area contributed by atoms with E-state index < -0.39 is 0 Å². The Kier molecular flexibility index (Phi) is 3.94. The topological polar surface area (TPSA) is 43.4 Å². The number of ketones is 1. The van der Waals surface area contributed by atoms with Crippen LogP contribution in [0.25, 0.3) is 0 Å². The lowest BCUT2D eigenvalue weighted by Crippen LogP contribution is -2.53. The molecule has 3 nitrogen and oxygen atoms in total. The van der Waals surface area contributed by atoms with Gasteiger partial charge in [0.05, 0.1) is 0 Å². The molecule has 0 N–H and O–H groups in total. The van der Waals surface area contributed by atoms with Crippen LogP contribution in [0, 0.1) is 34.5 Å². The predicted octanol–water partition coefficient (Wildman–Crippen LogP) is 4.70. The molecule has 0 heterocycles. The molecule has 138 valence electrons. The minimum atomic E-state index is -0.131. The van der Waals surface area contributed by atoms with Crippen LogP contribution in [0.3, 0.4) is 0 Å². The van der Waals surface area contributed by atoms with Crippen LogP contribution in [0.5, 0.6) is 0 Å². The van der Waals surface area contributed by atoms with E-state index in [1.54, 1.807) is 6.92 Å². The number of Topliss-reactive ketones (excluding diaryl/α,β-unsaturated/α-hetero) is 1. The van der Waals surface area contributed by atoms with Crippen molar-refractivity contribution < 1.29 is 14.3 Å². The molecule has 0 aromatic heterocycles. The van der Waals surface area contributed by atoms with Gasteiger partial charge in [-0.05, 0) is 80.1 Å². The summed E-state index contributed by atoms with van der Waals surface area (Å²) in [6, 6.07) is 0. The number of rotatable bonds is 1. The first-order valence-corrected chi connectivity index (χ1v) is 10.2. The van der Waals surface area contributed by atoms with E-state index in [-0.39, 0.29) is 22.9 Å². The van der Waals surface area contributed by atoms with Gasteiger partial charge in [0.2, 0.25) is 0 Å². The third-order valence-electron chi connectivity index (χ3n) is 8.58. The van der Waals surface area contributed by atoms with Crippen LogP contribution in [0.1, 0.15) is 72.6 Å². The molecule has 4 aliphatic carbocycles. The normalized spacial score (nSPS) is 48.9. The summed E-state index contributed by atoms with van der Waals surface area (Å²) >= 11 is 0. The van der Waals surface area contributed by atoms with Crippen molar-refractivity contribution in [2.45, 2.75) is 78.7 Å². The van der Waals surface area contributed by atoms with Crippen molar-refractivity contribution in [1.82, 2.24) is 0 Å². The lowest BCUT2D eigenvalue weighted by molar-refractivity contribution is -0.158. The second-order valence-electron chi connectivity index (χ2n) is 9.69. The summed E-state index contributed by atoms with van der Waals surface area (Å²) < 4.78 is 5.73. The largest absolute Gasteiger partial charge is 0.462 e. The number of hydrogen-bond donors (Lipinski definition) is 0. The van der Waals surface area contributed by atoms with Crippen LogP contribution < -0.4 is 0 Å². The van der Waals surface area contributed by atoms with Gasteiger partial charge in [-0.1, -0.05) is 19.9 Å². The Morgan fingerprint density at radius 1 is 1.12 bits per heavy atom. The van der Waals surface area contributed by atoms with Crippen LogP contribution in [0.4, 0.5) is 0 Å². The highest BCUT2D eigenvalue weighted by Gasteiger charge is 2.60. The molecule has 3 unspecified atom stereocenters. The first kappa shape index (κ1) is 17.3. The molecule has 3 saturated carbocycles. The molecular formula is C22H32O3. The van der Waals surface area contributed by atoms with Gasteiger partial charge >= 0.3 is 5.97 Å². The summed E-state index contributed by atoms with van der Waals surface area (Å²) in [5, 5.41) is 0. The molecule has 3 heteroatoms. The van der Waals surface area contributed by atoms with Crippen LogP contribution in [0.2, 0.25) is 0 Å². The molecule has 0 spiro atoms. The highest BCUT2D eigenvalue weighted by molar-refractivity contribution is 5.96. The summed E-state index contributed by atoms with van der Waals surface area (Å²) in [4.78, 5) is 23.8. The number of ether oxygens (including phenoxy) is 1. The van der Waals surface area contributed by atoms with Crippen LogP contribution >= 0.6 is 0 Å². The molecule has 0 radical (unpaired) electrons. The monoisotopic (exact) mass is 344 g/mol. The first-order valence-electron chi connectivity index (χ1n) is 10.2. The maximum Gasteiger partial charge on any atom is 0.302 e. The minimum Gasteiger partial charge on any atom is -0.462 e. The van der Waals surface area contributed by atoms with E-state index in [1.165, 1.54) is 25.7 Å². The number of esters is 1. The third kappa shape index (κ3) is 2.44. The molecule has 3 fully saturated rings. The fraction of sp³-hybridized carbons (Fsp3) is 0.818. The van der Waals surface area contributed by atoms with E-state index in [2.05, 4.69) is 19.9 Å². The summed E-state index contributed by atoms with van der Waals surface area (Å²) in [5.74, 6) is 2.83. The average molecular weight is 344 g/mol. The summed E-state index contributed by atoms with van der Waals surface area (Å²) in [5.41, 5.74) is 1.32. The number of carbonyl (C=O) groups is 2. The average Bonchev–Trinajstić information content (AvgIpc) is 2.85. The zero-order valence-electron chi connectivity index (χ0n) is 16.1. The van der Waals surface area contributed by atoms with Gasteiger partial charge < -0.3 is 4.74 Å². The van der Waals surface area contributed by atoms with Crippen molar-refractivity contribution in [2.75, 3.05) is 0 Å². The second kappa shape index (κ2) is 5.69. The van der Waals surface area contributed by atoms with Crippen LogP contribution in [-0.4, -0.2) is 17.9 Å². The Morgan fingerprint density at radius 2 is 1.88 bits per heavy atom. The molecular weight excluding hydrogens is 312 g/mol. The Labute approximate surface area is 151 Å². The molecule has 0 bridgehead atoms. The molecule has 0 amide bonds. The lowest BCUT2D eigenvalue weighted by atomic mass is 9.46. The van der Waals surface area contributed by atoms with Gasteiger partial charge in [0.1, 0.15) is 6.10 Å². The maximum atomic E-state index is 12.2. The number of hydrogen-bond acceptors (Lipinski definition) is 3. The van der Waals surface area contributed by atoms with E-state index in [0.29, 0.717) is 23.5 Å². The van der Waals surface area contributed by atoms with Crippen molar-refractivity contribution in [3.63, 3.8) is 0 Å². The molecule has 4 aliphatic rings. The SMILES string of the molecule is CC(=O)O[C@H]1CC[C@H]2C3CC[C@H]4CC(=O)C(C)=CC4(C)[C@H]3CCC12C. The van der Waals surface area contributed by atoms with Gasteiger partial charge in [0, 0.05) is 18.8 Å². The van der Waals surface area contributed by atoms with Crippen molar-refractivity contribution in [1.29, 1.82) is 0 Å². The second-order valence-corrected chi connectivity index (χ2v) is 9.69. The van der Waals surface area contributed by atoms with Crippen molar-refractivity contribution in [2.24, 2.45) is 34.5 Å². The molecule has 25 heavy (non-hydrogen) atoms. The zero-order valence-corrected chi connectivity index (χ0v) is 16.1. The quantitative estimate of drug-likeness (QED) is 0.648. The summed E-state index contributed by atoms with van der Waals surface area (Å²) in [6.45, 7) is 8.34. The zero-order chi connectivity index (χ0) is 18.0. The highest BCUT2D eigenvalue weighted by atomic mass is 16.5. The fourth-order valence-corrected chi connectivity index (χ4v) is 7.29. The van der Waals surface area contributed by atoms with Gasteiger partial charge in [-0.2, -0.15) is 0 Å². The van der Waals surface area contributed by atoms with E-state index in [9.17, 15) is 9.59 Å². The molecule has 0 aromatic carbocycles. The van der Waals surface area contributed by atoms with Crippen molar-refractivity contribution >= 4 is 11.8 Å². The fourth-order valence-electron chi connectivity index (χ4n) is 7.29. The van der Waals surface area contributed by atoms with E-state index in [1.807, 2.05) is 6.92 Å². The van der Waals surface area contributed by atoms with Crippen LogP contribution in [0.15, 0.2) is 11.6 Å².